The van der Waals surface area contributed by atoms with Gasteiger partial charge in [-0.1, -0.05) is 13.0 Å². The van der Waals surface area contributed by atoms with Crippen LogP contribution in [0.25, 0.3) is 0 Å². The number of carbonyl (C=O) groups excluding carboxylic acids is 1. The first-order chi connectivity index (χ1) is 8.11. The minimum absolute atomic E-state index is 0.0890. The smallest absolute Gasteiger partial charge is 0.221 e. The molecule has 0 radical (unpaired) electrons. The molecule has 17 heavy (non-hydrogen) atoms. The van der Waals surface area contributed by atoms with Crippen molar-refractivity contribution in [2.75, 3.05) is 17.2 Å². The molecular formula is C12H17N3OS. The zero-order valence-corrected chi connectivity index (χ0v) is 10.9. The molecule has 0 fully saturated rings. The predicted molar refractivity (Wildman–Crippen MR) is 75.3 cm³/mol. The normalized spacial score (nSPS) is 9.53. The molecular weight excluding hydrogens is 234 g/mol. The van der Waals surface area contributed by atoms with Gasteiger partial charge in [-0.25, -0.2) is 0 Å². The number of anilines is 2. The number of rotatable bonds is 4. The SMILES string of the molecule is CCCNC(=S)Nc1cccc(NC(C)=O)c1. The summed E-state index contributed by atoms with van der Waals surface area (Å²) >= 11 is 5.12. The van der Waals surface area contributed by atoms with Crippen LogP contribution in [0.5, 0.6) is 0 Å². The van der Waals surface area contributed by atoms with Crippen LogP contribution in [0, 0.1) is 0 Å². The van der Waals surface area contributed by atoms with Gasteiger partial charge in [-0.05, 0) is 36.8 Å². The quantitative estimate of drug-likeness (QED) is 0.719. The highest BCUT2D eigenvalue weighted by molar-refractivity contribution is 7.80. The van der Waals surface area contributed by atoms with Gasteiger partial charge in [0.25, 0.3) is 0 Å². The number of hydrogen-bond acceptors (Lipinski definition) is 2. The number of hydrogen-bond donors (Lipinski definition) is 3. The van der Waals surface area contributed by atoms with E-state index in [4.69, 9.17) is 12.2 Å². The van der Waals surface area contributed by atoms with Gasteiger partial charge in [0.1, 0.15) is 0 Å². The zero-order chi connectivity index (χ0) is 12.7. The van der Waals surface area contributed by atoms with Crippen molar-refractivity contribution in [2.24, 2.45) is 0 Å². The fraction of sp³-hybridized carbons (Fsp3) is 0.333. The van der Waals surface area contributed by atoms with Gasteiger partial charge in [0.05, 0.1) is 0 Å². The molecule has 4 nitrogen and oxygen atoms in total. The predicted octanol–water partition coefficient (Wildman–Crippen LogP) is 2.34. The fourth-order valence-corrected chi connectivity index (χ4v) is 1.51. The van der Waals surface area contributed by atoms with Crippen LogP contribution in [0.15, 0.2) is 24.3 Å². The van der Waals surface area contributed by atoms with Gasteiger partial charge in [-0.2, -0.15) is 0 Å². The second kappa shape index (κ2) is 6.85. The summed E-state index contributed by atoms with van der Waals surface area (Å²) < 4.78 is 0. The molecule has 0 spiro atoms. The third-order valence-corrected chi connectivity index (χ3v) is 2.22. The molecule has 1 aromatic rings. The van der Waals surface area contributed by atoms with Crippen molar-refractivity contribution in [1.29, 1.82) is 0 Å². The molecule has 92 valence electrons. The van der Waals surface area contributed by atoms with Gasteiger partial charge in [-0.15, -0.1) is 0 Å². The van der Waals surface area contributed by atoms with Crippen molar-refractivity contribution in [3.8, 4) is 0 Å². The highest BCUT2D eigenvalue weighted by Crippen LogP contribution is 2.14. The Kier molecular flexibility index (Phi) is 5.42. The van der Waals surface area contributed by atoms with E-state index >= 15 is 0 Å². The highest BCUT2D eigenvalue weighted by atomic mass is 32.1. The number of amides is 1. The zero-order valence-electron chi connectivity index (χ0n) is 10.0. The minimum Gasteiger partial charge on any atom is -0.362 e. The number of nitrogens with one attached hydrogen (secondary N) is 3. The molecule has 5 heteroatoms. The van der Waals surface area contributed by atoms with Crippen LogP contribution in [0.1, 0.15) is 20.3 Å². The molecule has 1 rings (SSSR count). The molecule has 1 aromatic carbocycles. The van der Waals surface area contributed by atoms with Gasteiger partial charge in [0, 0.05) is 24.8 Å². The summed E-state index contributed by atoms with van der Waals surface area (Å²) in [5.41, 5.74) is 1.60. The average Bonchev–Trinajstić information content (AvgIpc) is 2.26. The van der Waals surface area contributed by atoms with Gasteiger partial charge in [0.15, 0.2) is 5.11 Å². The van der Waals surface area contributed by atoms with Gasteiger partial charge >= 0.3 is 0 Å². The van der Waals surface area contributed by atoms with E-state index in [9.17, 15) is 4.79 Å². The topological polar surface area (TPSA) is 53.2 Å². The standard InChI is InChI=1S/C12H17N3OS/c1-3-7-13-12(17)15-11-6-4-5-10(8-11)14-9(2)16/h4-6,8H,3,7H2,1-2H3,(H,14,16)(H2,13,15,17). The third-order valence-electron chi connectivity index (χ3n) is 1.98. The summed E-state index contributed by atoms with van der Waals surface area (Å²) in [4.78, 5) is 10.9. The first-order valence-electron chi connectivity index (χ1n) is 5.54. The maximum Gasteiger partial charge on any atom is 0.221 e. The second-order valence-electron chi connectivity index (χ2n) is 3.64. The van der Waals surface area contributed by atoms with Crippen LogP contribution >= 0.6 is 12.2 Å². The van der Waals surface area contributed by atoms with Crippen molar-refractivity contribution in [3.05, 3.63) is 24.3 Å². The summed E-state index contributed by atoms with van der Waals surface area (Å²) in [5.74, 6) is -0.0890. The Morgan fingerprint density at radius 3 is 2.53 bits per heavy atom. The lowest BCUT2D eigenvalue weighted by Gasteiger charge is -2.10. The Hall–Kier alpha value is -1.62. The van der Waals surface area contributed by atoms with Crippen LogP contribution < -0.4 is 16.0 Å². The molecule has 0 aromatic heterocycles. The molecule has 3 N–H and O–H groups in total. The Balaban J connectivity index is 2.59. The minimum atomic E-state index is -0.0890. The van der Waals surface area contributed by atoms with Crippen LogP contribution in [0.3, 0.4) is 0 Å². The Labute approximate surface area is 107 Å². The summed E-state index contributed by atoms with van der Waals surface area (Å²) in [5, 5.41) is 9.44. The maximum absolute atomic E-state index is 10.9. The van der Waals surface area contributed by atoms with Crippen molar-refractivity contribution in [3.63, 3.8) is 0 Å². The summed E-state index contributed by atoms with van der Waals surface area (Å²) in [6.07, 6.45) is 1.02. The van der Waals surface area contributed by atoms with Crippen LogP contribution in [0.2, 0.25) is 0 Å². The van der Waals surface area contributed by atoms with Crippen LogP contribution in [0.4, 0.5) is 11.4 Å². The molecule has 1 amide bonds. The first kappa shape index (κ1) is 13.4. The average molecular weight is 251 g/mol. The highest BCUT2D eigenvalue weighted by Gasteiger charge is 1.99. The largest absolute Gasteiger partial charge is 0.362 e. The van der Waals surface area contributed by atoms with E-state index in [0.29, 0.717) is 5.11 Å². The van der Waals surface area contributed by atoms with E-state index in [-0.39, 0.29) is 5.91 Å². The Bertz CT molecular complexity index is 406. The molecule has 0 aliphatic carbocycles. The lowest BCUT2D eigenvalue weighted by atomic mass is 10.3. The number of carbonyl (C=O) groups is 1. The molecule has 0 unspecified atom stereocenters. The fourth-order valence-electron chi connectivity index (χ4n) is 1.29. The van der Waals surface area contributed by atoms with Crippen molar-refractivity contribution < 1.29 is 4.79 Å². The van der Waals surface area contributed by atoms with E-state index < -0.39 is 0 Å². The number of thiocarbonyl (C=S) groups is 1. The van der Waals surface area contributed by atoms with Crippen molar-refractivity contribution in [2.45, 2.75) is 20.3 Å². The Morgan fingerprint density at radius 2 is 1.94 bits per heavy atom. The van der Waals surface area contributed by atoms with E-state index in [1.807, 2.05) is 24.3 Å². The summed E-state index contributed by atoms with van der Waals surface area (Å²) in [6.45, 7) is 4.40. The summed E-state index contributed by atoms with van der Waals surface area (Å²) in [7, 11) is 0. The lowest BCUT2D eigenvalue weighted by Crippen LogP contribution is -2.28. The first-order valence-corrected chi connectivity index (χ1v) is 5.95. The second-order valence-corrected chi connectivity index (χ2v) is 4.05. The maximum atomic E-state index is 10.9. The van der Waals surface area contributed by atoms with Gasteiger partial charge < -0.3 is 16.0 Å². The van der Waals surface area contributed by atoms with Crippen molar-refractivity contribution >= 4 is 34.6 Å². The molecule has 0 heterocycles. The Morgan fingerprint density at radius 1 is 1.29 bits per heavy atom. The molecule has 0 bridgehead atoms. The lowest BCUT2D eigenvalue weighted by molar-refractivity contribution is -0.114. The molecule has 0 atom stereocenters. The van der Waals surface area contributed by atoms with Crippen LogP contribution in [-0.4, -0.2) is 17.6 Å². The molecule has 0 saturated heterocycles. The van der Waals surface area contributed by atoms with Crippen molar-refractivity contribution in [1.82, 2.24) is 5.32 Å². The number of benzene rings is 1. The van der Waals surface area contributed by atoms with E-state index in [1.54, 1.807) is 0 Å². The third kappa shape index (κ3) is 5.31. The van der Waals surface area contributed by atoms with Gasteiger partial charge in [-0.3, -0.25) is 4.79 Å². The molecule has 0 saturated carbocycles. The monoisotopic (exact) mass is 251 g/mol. The van der Waals surface area contributed by atoms with E-state index in [0.717, 1.165) is 24.3 Å². The summed E-state index contributed by atoms with van der Waals surface area (Å²) in [6, 6.07) is 7.41. The molecule has 0 aliphatic rings. The van der Waals surface area contributed by atoms with Gasteiger partial charge in [0.2, 0.25) is 5.91 Å². The van der Waals surface area contributed by atoms with E-state index in [2.05, 4.69) is 22.9 Å². The molecule has 0 aliphatic heterocycles. The van der Waals surface area contributed by atoms with E-state index in [1.165, 1.54) is 6.92 Å². The van der Waals surface area contributed by atoms with Crippen LogP contribution in [-0.2, 0) is 4.79 Å².